The van der Waals surface area contributed by atoms with E-state index in [0.717, 1.165) is 16.3 Å². The van der Waals surface area contributed by atoms with Crippen molar-refractivity contribution in [2.45, 2.75) is 38.5 Å². The van der Waals surface area contributed by atoms with E-state index in [1.54, 1.807) is 18.6 Å². The number of furan rings is 1. The molecular weight excluding hydrogens is 326 g/mol. The molecule has 3 heterocycles. The normalized spacial score (nSPS) is 15.0. The van der Waals surface area contributed by atoms with Gasteiger partial charge in [0, 0.05) is 5.92 Å². The van der Waals surface area contributed by atoms with Gasteiger partial charge in [-0.2, -0.15) is 4.98 Å². The fourth-order valence-electron chi connectivity index (χ4n) is 2.98. The Kier molecular flexibility index (Phi) is 3.89. The van der Waals surface area contributed by atoms with E-state index in [4.69, 9.17) is 4.42 Å². The van der Waals surface area contributed by atoms with Crippen LogP contribution in [0.1, 0.15) is 52.0 Å². The molecule has 1 aliphatic carbocycles. The third-order valence-electron chi connectivity index (χ3n) is 4.23. The lowest BCUT2D eigenvalue weighted by atomic mass is 10.1. The van der Waals surface area contributed by atoms with Gasteiger partial charge in [-0.15, -0.1) is 16.4 Å². The molecule has 3 aromatic heterocycles. The summed E-state index contributed by atoms with van der Waals surface area (Å²) >= 11 is 1.48. The van der Waals surface area contributed by atoms with E-state index in [2.05, 4.69) is 25.5 Å². The average Bonchev–Trinajstić information content (AvgIpc) is 3.34. The van der Waals surface area contributed by atoms with Crippen molar-refractivity contribution in [1.29, 1.82) is 0 Å². The number of nitrogens with zero attached hydrogens (tertiary/aromatic N) is 3. The van der Waals surface area contributed by atoms with Crippen molar-refractivity contribution in [3.8, 4) is 11.4 Å². The molecule has 1 fully saturated rings. The second-order valence-corrected chi connectivity index (χ2v) is 6.95. The smallest absolute Gasteiger partial charge is 0.270 e. The minimum absolute atomic E-state index is 0.216. The molecule has 0 saturated heterocycles. The number of aromatic amines is 1. The van der Waals surface area contributed by atoms with Gasteiger partial charge in [0.2, 0.25) is 5.95 Å². The van der Waals surface area contributed by atoms with E-state index in [-0.39, 0.29) is 11.9 Å². The zero-order valence-electron chi connectivity index (χ0n) is 13.2. The van der Waals surface area contributed by atoms with Gasteiger partial charge in [0.05, 0.1) is 22.5 Å². The van der Waals surface area contributed by atoms with Crippen LogP contribution in [0.4, 0.5) is 5.95 Å². The molecule has 1 saturated carbocycles. The maximum atomic E-state index is 12.5. The summed E-state index contributed by atoms with van der Waals surface area (Å²) in [6, 6.07) is 1.77. The third kappa shape index (κ3) is 2.84. The van der Waals surface area contributed by atoms with Gasteiger partial charge in [-0.25, -0.2) is 4.98 Å². The van der Waals surface area contributed by atoms with E-state index in [9.17, 15) is 4.79 Å². The lowest BCUT2D eigenvalue weighted by Crippen LogP contribution is -2.12. The van der Waals surface area contributed by atoms with Crippen LogP contribution in [0.3, 0.4) is 0 Å². The minimum Gasteiger partial charge on any atom is -0.472 e. The van der Waals surface area contributed by atoms with Crippen LogP contribution in [0.15, 0.2) is 23.0 Å². The van der Waals surface area contributed by atoms with Gasteiger partial charge in [-0.3, -0.25) is 15.2 Å². The van der Waals surface area contributed by atoms with Gasteiger partial charge in [0.1, 0.15) is 11.1 Å². The highest BCUT2D eigenvalue weighted by molar-refractivity contribution is 7.14. The van der Waals surface area contributed by atoms with Crippen molar-refractivity contribution >= 4 is 23.2 Å². The number of aryl methyl sites for hydroxylation is 1. The van der Waals surface area contributed by atoms with Crippen LogP contribution in [-0.4, -0.2) is 26.1 Å². The maximum Gasteiger partial charge on any atom is 0.270 e. The van der Waals surface area contributed by atoms with Gasteiger partial charge < -0.3 is 4.42 Å². The number of rotatable bonds is 4. The van der Waals surface area contributed by atoms with Crippen LogP contribution >= 0.6 is 11.3 Å². The Hall–Kier alpha value is -2.48. The van der Waals surface area contributed by atoms with Crippen molar-refractivity contribution in [3.63, 3.8) is 0 Å². The molecule has 124 valence electrons. The average molecular weight is 343 g/mol. The monoisotopic (exact) mass is 343 g/mol. The predicted octanol–water partition coefficient (Wildman–Crippen LogP) is 3.74. The molecule has 1 aliphatic rings. The Morgan fingerprint density at radius 1 is 1.38 bits per heavy atom. The summed E-state index contributed by atoms with van der Waals surface area (Å²) in [6.45, 7) is 1.87. The van der Waals surface area contributed by atoms with Crippen molar-refractivity contribution in [2.75, 3.05) is 5.32 Å². The lowest BCUT2D eigenvalue weighted by Gasteiger charge is -2.02. The van der Waals surface area contributed by atoms with Crippen molar-refractivity contribution < 1.29 is 9.21 Å². The Labute approximate surface area is 142 Å². The summed E-state index contributed by atoms with van der Waals surface area (Å²) in [5, 5.41) is 10.6. The Bertz CT molecular complexity index is 846. The number of carbonyl (C=O) groups is 1. The number of aromatic nitrogens is 4. The summed E-state index contributed by atoms with van der Waals surface area (Å²) in [5.74, 6) is 1.08. The zero-order chi connectivity index (χ0) is 16.5. The number of thiazole rings is 1. The molecule has 0 aromatic carbocycles. The summed E-state index contributed by atoms with van der Waals surface area (Å²) in [7, 11) is 0. The van der Waals surface area contributed by atoms with Crippen LogP contribution in [0, 0.1) is 6.92 Å². The molecule has 0 spiro atoms. The summed E-state index contributed by atoms with van der Waals surface area (Å²) in [6.07, 6.45) is 7.96. The third-order valence-corrected chi connectivity index (χ3v) is 5.55. The van der Waals surface area contributed by atoms with E-state index in [1.807, 2.05) is 6.92 Å². The van der Waals surface area contributed by atoms with Crippen molar-refractivity contribution in [1.82, 2.24) is 20.2 Å². The van der Waals surface area contributed by atoms with Crippen LogP contribution in [0.25, 0.3) is 11.4 Å². The highest BCUT2D eigenvalue weighted by Gasteiger charge is 2.24. The molecule has 0 aliphatic heterocycles. The number of nitrogens with one attached hydrogen (secondary N) is 2. The van der Waals surface area contributed by atoms with E-state index >= 15 is 0 Å². The topological polar surface area (TPSA) is 96.7 Å². The number of hydrogen-bond donors (Lipinski definition) is 2. The maximum absolute atomic E-state index is 12.5. The standard InChI is InChI=1S/C16H17N5O2S/c1-9-12(24-15(17-9)10-4-2-3-5-10)14(22)19-16-18-13(20-21-16)11-6-7-23-8-11/h6-8,10H,2-5H2,1H3,(H2,18,19,20,21,22). The van der Waals surface area contributed by atoms with Gasteiger partial charge in [0.15, 0.2) is 5.82 Å². The van der Waals surface area contributed by atoms with Gasteiger partial charge in [-0.1, -0.05) is 12.8 Å². The number of H-pyrrole nitrogens is 1. The first-order valence-electron chi connectivity index (χ1n) is 7.94. The number of carbonyl (C=O) groups excluding carboxylic acids is 1. The van der Waals surface area contributed by atoms with Gasteiger partial charge >= 0.3 is 0 Å². The Balaban J connectivity index is 1.50. The molecule has 0 bridgehead atoms. The fraction of sp³-hybridized carbons (Fsp3) is 0.375. The zero-order valence-corrected chi connectivity index (χ0v) is 14.0. The first-order chi connectivity index (χ1) is 11.7. The number of hydrogen-bond acceptors (Lipinski definition) is 6. The molecule has 0 radical (unpaired) electrons. The predicted molar refractivity (Wildman–Crippen MR) is 90.1 cm³/mol. The Morgan fingerprint density at radius 3 is 2.96 bits per heavy atom. The molecule has 7 nitrogen and oxygen atoms in total. The fourth-order valence-corrected chi connectivity index (χ4v) is 4.11. The summed E-state index contributed by atoms with van der Waals surface area (Å²) in [4.78, 5) is 22.0. The van der Waals surface area contributed by atoms with Crippen LogP contribution < -0.4 is 5.32 Å². The van der Waals surface area contributed by atoms with Crippen molar-refractivity contribution in [3.05, 3.63) is 34.2 Å². The summed E-state index contributed by atoms with van der Waals surface area (Å²) in [5.41, 5.74) is 1.55. The molecular formula is C16H17N5O2S. The molecule has 0 unspecified atom stereocenters. The highest BCUT2D eigenvalue weighted by atomic mass is 32.1. The van der Waals surface area contributed by atoms with E-state index < -0.39 is 0 Å². The molecule has 8 heteroatoms. The Morgan fingerprint density at radius 2 is 2.21 bits per heavy atom. The number of anilines is 1. The molecule has 1 amide bonds. The van der Waals surface area contributed by atoms with E-state index in [1.165, 1.54) is 37.0 Å². The number of amides is 1. The first-order valence-corrected chi connectivity index (χ1v) is 8.76. The van der Waals surface area contributed by atoms with Crippen LogP contribution in [-0.2, 0) is 0 Å². The van der Waals surface area contributed by atoms with Crippen molar-refractivity contribution in [2.24, 2.45) is 0 Å². The largest absolute Gasteiger partial charge is 0.472 e. The molecule has 4 rings (SSSR count). The van der Waals surface area contributed by atoms with Gasteiger partial charge in [-0.05, 0) is 25.8 Å². The SMILES string of the molecule is Cc1nc(C2CCCC2)sc1C(=O)Nc1n[nH]c(-c2ccoc2)n1. The highest BCUT2D eigenvalue weighted by Crippen LogP contribution is 2.37. The molecule has 3 aromatic rings. The van der Waals surface area contributed by atoms with E-state index in [0.29, 0.717) is 16.6 Å². The second-order valence-electron chi connectivity index (χ2n) is 5.92. The first kappa shape index (κ1) is 15.1. The quantitative estimate of drug-likeness (QED) is 0.752. The summed E-state index contributed by atoms with van der Waals surface area (Å²) < 4.78 is 5.01. The molecule has 2 N–H and O–H groups in total. The van der Waals surface area contributed by atoms with Crippen LogP contribution in [0.2, 0.25) is 0 Å². The minimum atomic E-state index is -0.216. The van der Waals surface area contributed by atoms with Crippen LogP contribution in [0.5, 0.6) is 0 Å². The molecule has 24 heavy (non-hydrogen) atoms. The molecule has 0 atom stereocenters. The van der Waals surface area contributed by atoms with Gasteiger partial charge in [0.25, 0.3) is 5.91 Å². The lowest BCUT2D eigenvalue weighted by molar-refractivity contribution is 0.102. The second kappa shape index (κ2) is 6.20.